The minimum Gasteiger partial charge on any atom is -0.312 e. The molecule has 1 fully saturated rings. The minimum atomic E-state index is 0.225. The normalized spacial score (nSPS) is 20.2. The van der Waals surface area contributed by atoms with Crippen molar-refractivity contribution in [2.24, 2.45) is 5.92 Å². The summed E-state index contributed by atoms with van der Waals surface area (Å²) in [7, 11) is 0. The van der Waals surface area contributed by atoms with Gasteiger partial charge in [-0.1, -0.05) is 55.5 Å². The molecular formula is C24H32N2O. The third-order valence-electron chi connectivity index (χ3n) is 5.48. The Morgan fingerprint density at radius 2 is 2.07 bits per heavy atom. The SMILES string of the molecule is CCC(=O)N(CC1CCCN(CCc2ccccc2)C1)C1=CC=CCC=C1. The summed E-state index contributed by atoms with van der Waals surface area (Å²) in [5.74, 6) is 0.772. The first-order chi connectivity index (χ1) is 13.3. The van der Waals surface area contributed by atoms with Crippen molar-refractivity contribution in [3.8, 4) is 0 Å². The van der Waals surface area contributed by atoms with Crippen LogP contribution in [0.5, 0.6) is 0 Å². The molecule has 3 nitrogen and oxygen atoms in total. The van der Waals surface area contributed by atoms with Gasteiger partial charge in [-0.2, -0.15) is 0 Å². The fourth-order valence-corrected chi connectivity index (χ4v) is 3.98. The second-order valence-electron chi connectivity index (χ2n) is 7.56. The summed E-state index contributed by atoms with van der Waals surface area (Å²) in [5.41, 5.74) is 2.44. The summed E-state index contributed by atoms with van der Waals surface area (Å²) in [6.45, 7) is 6.16. The molecule has 3 rings (SSSR count). The van der Waals surface area contributed by atoms with Crippen LogP contribution in [0.25, 0.3) is 0 Å². The molecule has 1 heterocycles. The lowest BCUT2D eigenvalue weighted by atomic mass is 9.96. The topological polar surface area (TPSA) is 23.6 Å². The number of carbonyl (C=O) groups excluding carboxylic acids is 1. The van der Waals surface area contributed by atoms with Crippen molar-refractivity contribution in [3.63, 3.8) is 0 Å². The molecule has 0 bridgehead atoms. The first kappa shape index (κ1) is 19.6. The van der Waals surface area contributed by atoms with Gasteiger partial charge in [0.05, 0.1) is 0 Å². The van der Waals surface area contributed by atoms with E-state index < -0.39 is 0 Å². The summed E-state index contributed by atoms with van der Waals surface area (Å²) >= 11 is 0. The highest BCUT2D eigenvalue weighted by Crippen LogP contribution is 2.22. The Hall–Kier alpha value is -2.13. The summed E-state index contributed by atoms with van der Waals surface area (Å²) in [6.07, 6.45) is 15.5. The number of likely N-dealkylation sites (tertiary alicyclic amines) is 1. The van der Waals surface area contributed by atoms with Crippen molar-refractivity contribution in [2.45, 2.75) is 39.0 Å². The highest BCUT2D eigenvalue weighted by atomic mass is 16.2. The van der Waals surface area contributed by atoms with E-state index >= 15 is 0 Å². The minimum absolute atomic E-state index is 0.225. The zero-order valence-electron chi connectivity index (χ0n) is 16.5. The Morgan fingerprint density at radius 1 is 1.22 bits per heavy atom. The largest absolute Gasteiger partial charge is 0.312 e. The smallest absolute Gasteiger partial charge is 0.226 e. The van der Waals surface area contributed by atoms with Gasteiger partial charge >= 0.3 is 0 Å². The second-order valence-corrected chi connectivity index (χ2v) is 7.56. The van der Waals surface area contributed by atoms with Gasteiger partial charge in [0, 0.05) is 31.8 Å². The molecule has 2 aliphatic rings. The molecule has 1 aliphatic carbocycles. The van der Waals surface area contributed by atoms with E-state index in [0.717, 1.165) is 38.2 Å². The number of benzene rings is 1. The maximum absolute atomic E-state index is 12.6. The third-order valence-corrected chi connectivity index (χ3v) is 5.48. The van der Waals surface area contributed by atoms with Gasteiger partial charge in [-0.05, 0) is 55.9 Å². The number of hydrogen-bond donors (Lipinski definition) is 0. The van der Waals surface area contributed by atoms with E-state index in [1.165, 1.54) is 24.9 Å². The lowest BCUT2D eigenvalue weighted by Gasteiger charge is -2.36. The van der Waals surface area contributed by atoms with Gasteiger partial charge in [-0.3, -0.25) is 4.79 Å². The van der Waals surface area contributed by atoms with E-state index in [1.54, 1.807) is 0 Å². The standard InChI is InChI=1S/C24H32N2O/c1-2-24(27)26(23-14-8-3-4-9-15-23)20-22-13-10-17-25(19-22)18-16-21-11-6-5-7-12-21/h3,5-9,11-12,14-15,22H,2,4,10,13,16-20H2,1H3. The van der Waals surface area contributed by atoms with E-state index in [0.29, 0.717) is 12.3 Å². The first-order valence-electron chi connectivity index (χ1n) is 10.4. The van der Waals surface area contributed by atoms with Crippen LogP contribution >= 0.6 is 0 Å². The maximum atomic E-state index is 12.6. The monoisotopic (exact) mass is 364 g/mol. The zero-order chi connectivity index (χ0) is 18.9. The highest BCUT2D eigenvalue weighted by molar-refractivity contribution is 5.78. The van der Waals surface area contributed by atoms with Crippen LogP contribution in [-0.2, 0) is 11.2 Å². The predicted molar refractivity (Wildman–Crippen MR) is 112 cm³/mol. The van der Waals surface area contributed by atoms with Crippen LogP contribution in [0.1, 0.15) is 38.2 Å². The molecule has 0 radical (unpaired) electrons. The van der Waals surface area contributed by atoms with Crippen molar-refractivity contribution in [3.05, 3.63) is 72.0 Å². The molecule has 1 saturated heterocycles. The van der Waals surface area contributed by atoms with E-state index in [2.05, 4.69) is 65.6 Å². The number of allylic oxidation sites excluding steroid dienone is 5. The second kappa shape index (κ2) is 10.3. The Balaban J connectivity index is 1.59. The van der Waals surface area contributed by atoms with Crippen LogP contribution in [0, 0.1) is 5.92 Å². The van der Waals surface area contributed by atoms with Gasteiger partial charge in [-0.25, -0.2) is 0 Å². The van der Waals surface area contributed by atoms with Gasteiger partial charge in [0.25, 0.3) is 0 Å². The lowest BCUT2D eigenvalue weighted by molar-refractivity contribution is -0.129. The lowest BCUT2D eigenvalue weighted by Crippen LogP contribution is -2.43. The molecule has 27 heavy (non-hydrogen) atoms. The summed E-state index contributed by atoms with van der Waals surface area (Å²) in [4.78, 5) is 17.2. The molecule has 0 aromatic heterocycles. The Bertz CT molecular complexity index is 690. The van der Waals surface area contributed by atoms with Crippen molar-refractivity contribution in [1.29, 1.82) is 0 Å². The Kier molecular flexibility index (Phi) is 7.46. The summed E-state index contributed by atoms with van der Waals surface area (Å²) in [6, 6.07) is 10.7. The predicted octanol–water partition coefficient (Wildman–Crippen LogP) is 4.58. The molecule has 0 spiro atoms. The molecule has 3 heteroatoms. The molecule has 0 saturated carbocycles. The summed E-state index contributed by atoms with van der Waals surface area (Å²) < 4.78 is 0. The quantitative estimate of drug-likeness (QED) is 0.707. The van der Waals surface area contributed by atoms with Crippen molar-refractivity contribution in [2.75, 3.05) is 26.2 Å². The molecule has 1 amide bonds. The average molecular weight is 365 g/mol. The highest BCUT2D eigenvalue weighted by Gasteiger charge is 2.25. The number of hydrogen-bond acceptors (Lipinski definition) is 2. The van der Waals surface area contributed by atoms with Crippen LogP contribution < -0.4 is 0 Å². The zero-order valence-corrected chi connectivity index (χ0v) is 16.5. The molecule has 144 valence electrons. The third kappa shape index (κ3) is 5.93. The van der Waals surface area contributed by atoms with Crippen LogP contribution in [0.3, 0.4) is 0 Å². The maximum Gasteiger partial charge on any atom is 0.226 e. The average Bonchev–Trinajstić information content (AvgIpc) is 3.00. The van der Waals surface area contributed by atoms with E-state index in [4.69, 9.17) is 0 Å². The first-order valence-corrected chi connectivity index (χ1v) is 10.4. The number of nitrogens with zero attached hydrogens (tertiary/aromatic N) is 2. The molecule has 1 aromatic rings. The van der Waals surface area contributed by atoms with Crippen molar-refractivity contribution in [1.82, 2.24) is 9.80 Å². The molecule has 0 N–H and O–H groups in total. The fraction of sp³-hybridized carbons (Fsp3) is 0.458. The van der Waals surface area contributed by atoms with Gasteiger partial charge in [-0.15, -0.1) is 0 Å². The van der Waals surface area contributed by atoms with E-state index in [-0.39, 0.29) is 5.91 Å². The van der Waals surface area contributed by atoms with E-state index in [1.807, 2.05) is 11.8 Å². The number of carbonyl (C=O) groups is 1. The van der Waals surface area contributed by atoms with Gasteiger partial charge in [0.2, 0.25) is 5.91 Å². The van der Waals surface area contributed by atoms with Crippen LogP contribution in [0.4, 0.5) is 0 Å². The van der Waals surface area contributed by atoms with Crippen LogP contribution in [0.2, 0.25) is 0 Å². The number of amides is 1. The Labute approximate surface area is 164 Å². The summed E-state index contributed by atoms with van der Waals surface area (Å²) in [5, 5.41) is 0. The molecule has 1 aromatic carbocycles. The van der Waals surface area contributed by atoms with Crippen LogP contribution in [0.15, 0.2) is 66.4 Å². The number of rotatable bonds is 7. The molecule has 1 unspecified atom stereocenters. The molecule has 1 atom stereocenters. The van der Waals surface area contributed by atoms with E-state index in [9.17, 15) is 4.79 Å². The fourth-order valence-electron chi connectivity index (χ4n) is 3.98. The molecule has 1 aliphatic heterocycles. The number of piperidine rings is 1. The van der Waals surface area contributed by atoms with Crippen molar-refractivity contribution >= 4 is 5.91 Å². The van der Waals surface area contributed by atoms with Gasteiger partial charge < -0.3 is 9.80 Å². The van der Waals surface area contributed by atoms with Gasteiger partial charge in [0.15, 0.2) is 0 Å². The Morgan fingerprint density at radius 3 is 2.89 bits per heavy atom. The van der Waals surface area contributed by atoms with Crippen molar-refractivity contribution < 1.29 is 4.79 Å². The van der Waals surface area contributed by atoms with Gasteiger partial charge in [0.1, 0.15) is 0 Å². The molecular weight excluding hydrogens is 332 g/mol. The van der Waals surface area contributed by atoms with Crippen LogP contribution in [-0.4, -0.2) is 41.9 Å².